The molecule has 0 aliphatic rings. The van der Waals surface area contributed by atoms with E-state index in [1.807, 2.05) is 6.92 Å². The maximum atomic E-state index is 11.6. The Morgan fingerprint density at radius 1 is 1.73 bits per heavy atom. The molecule has 0 bridgehead atoms. The van der Waals surface area contributed by atoms with Gasteiger partial charge in [0.1, 0.15) is 4.60 Å². The molecule has 1 heterocycles. The molecule has 0 spiro atoms. The summed E-state index contributed by atoms with van der Waals surface area (Å²) in [6, 6.07) is 3.07. The molecule has 1 aromatic heterocycles. The first-order valence-corrected chi connectivity index (χ1v) is 5.61. The van der Waals surface area contributed by atoms with Crippen molar-refractivity contribution in [2.75, 3.05) is 5.32 Å². The molecule has 3 N–H and O–H groups in total. The van der Waals surface area contributed by atoms with Crippen molar-refractivity contribution in [3.05, 3.63) is 22.9 Å². The summed E-state index contributed by atoms with van der Waals surface area (Å²) in [6.07, 6.45) is 3.22. The molecule has 0 aromatic carbocycles. The molecule has 0 aliphatic heterocycles. The second-order valence-electron chi connectivity index (χ2n) is 3.23. The minimum absolute atomic E-state index is 0.175. The van der Waals surface area contributed by atoms with Gasteiger partial charge >= 0.3 is 0 Å². The van der Waals surface area contributed by atoms with E-state index in [0.29, 0.717) is 16.7 Å². The molecule has 1 unspecified atom stereocenters. The Morgan fingerprint density at radius 2 is 2.47 bits per heavy atom. The van der Waals surface area contributed by atoms with E-state index < -0.39 is 6.04 Å². The van der Waals surface area contributed by atoms with Crippen LogP contribution in [-0.4, -0.2) is 16.9 Å². The van der Waals surface area contributed by atoms with E-state index in [9.17, 15) is 4.79 Å². The minimum atomic E-state index is -0.456. The van der Waals surface area contributed by atoms with Crippen molar-refractivity contribution in [2.24, 2.45) is 5.73 Å². The second-order valence-corrected chi connectivity index (χ2v) is 3.98. The predicted octanol–water partition coefficient (Wildman–Crippen LogP) is 1.91. The van der Waals surface area contributed by atoms with Gasteiger partial charge in [0.25, 0.3) is 0 Å². The summed E-state index contributed by atoms with van der Waals surface area (Å²) in [4.78, 5) is 15.6. The molecular weight excluding hydrogens is 258 g/mol. The third-order valence-corrected chi connectivity index (χ3v) is 2.59. The highest BCUT2D eigenvalue weighted by atomic mass is 79.9. The first kappa shape index (κ1) is 12.1. The van der Waals surface area contributed by atoms with Crippen molar-refractivity contribution in [3.8, 4) is 0 Å². The number of pyridine rings is 1. The molecule has 0 aliphatic carbocycles. The van der Waals surface area contributed by atoms with Crippen LogP contribution >= 0.6 is 15.9 Å². The van der Waals surface area contributed by atoms with E-state index >= 15 is 0 Å². The van der Waals surface area contributed by atoms with E-state index in [-0.39, 0.29) is 5.91 Å². The monoisotopic (exact) mass is 271 g/mol. The number of carbonyl (C=O) groups excluding carboxylic acids is 1. The van der Waals surface area contributed by atoms with Gasteiger partial charge in [-0.3, -0.25) is 4.79 Å². The van der Waals surface area contributed by atoms with Gasteiger partial charge in [0, 0.05) is 6.20 Å². The van der Waals surface area contributed by atoms with Gasteiger partial charge in [0.2, 0.25) is 5.91 Å². The van der Waals surface area contributed by atoms with E-state index in [1.54, 1.807) is 18.3 Å². The van der Waals surface area contributed by atoms with E-state index in [4.69, 9.17) is 5.73 Å². The van der Waals surface area contributed by atoms with Crippen molar-refractivity contribution in [1.82, 2.24) is 4.98 Å². The largest absolute Gasteiger partial charge is 0.322 e. The lowest BCUT2D eigenvalue weighted by Crippen LogP contribution is -2.35. The summed E-state index contributed by atoms with van der Waals surface area (Å²) < 4.78 is 0.613. The van der Waals surface area contributed by atoms with E-state index in [1.165, 1.54) is 0 Å². The van der Waals surface area contributed by atoms with Gasteiger partial charge in [0.05, 0.1) is 11.7 Å². The fraction of sp³-hybridized carbons (Fsp3) is 0.400. The molecule has 0 saturated heterocycles. The van der Waals surface area contributed by atoms with Crippen LogP contribution in [0, 0.1) is 0 Å². The fourth-order valence-corrected chi connectivity index (χ4v) is 1.50. The minimum Gasteiger partial charge on any atom is -0.322 e. The zero-order valence-electron chi connectivity index (χ0n) is 8.53. The summed E-state index contributed by atoms with van der Waals surface area (Å²) in [5, 5.41) is 2.72. The normalized spacial score (nSPS) is 12.2. The van der Waals surface area contributed by atoms with Crippen LogP contribution in [0.3, 0.4) is 0 Å². The number of amides is 1. The van der Waals surface area contributed by atoms with Gasteiger partial charge in [0.15, 0.2) is 0 Å². The topological polar surface area (TPSA) is 68.0 Å². The average molecular weight is 272 g/mol. The molecule has 0 radical (unpaired) electrons. The highest BCUT2D eigenvalue weighted by molar-refractivity contribution is 9.10. The fourth-order valence-electron chi connectivity index (χ4n) is 1.15. The third kappa shape index (κ3) is 3.60. The number of hydrogen-bond donors (Lipinski definition) is 2. The average Bonchev–Trinajstić information content (AvgIpc) is 2.21. The van der Waals surface area contributed by atoms with Gasteiger partial charge in [-0.05, 0) is 34.5 Å². The van der Waals surface area contributed by atoms with Crippen LogP contribution in [0.2, 0.25) is 0 Å². The first-order chi connectivity index (χ1) is 7.15. The van der Waals surface area contributed by atoms with Crippen LogP contribution in [0.4, 0.5) is 5.69 Å². The van der Waals surface area contributed by atoms with Crippen molar-refractivity contribution in [1.29, 1.82) is 0 Å². The summed E-state index contributed by atoms with van der Waals surface area (Å²) in [5.74, 6) is -0.175. The molecule has 1 amide bonds. The van der Waals surface area contributed by atoms with Crippen molar-refractivity contribution < 1.29 is 4.79 Å². The van der Waals surface area contributed by atoms with Crippen LogP contribution in [-0.2, 0) is 4.79 Å². The van der Waals surface area contributed by atoms with E-state index in [2.05, 4.69) is 26.2 Å². The Labute approximate surface area is 97.4 Å². The summed E-state index contributed by atoms with van der Waals surface area (Å²) in [5.41, 5.74) is 6.33. The van der Waals surface area contributed by atoms with Gasteiger partial charge < -0.3 is 11.1 Å². The number of hydrogen-bond acceptors (Lipinski definition) is 3. The summed E-state index contributed by atoms with van der Waals surface area (Å²) in [6.45, 7) is 1.99. The smallest absolute Gasteiger partial charge is 0.241 e. The van der Waals surface area contributed by atoms with E-state index in [0.717, 1.165) is 6.42 Å². The molecule has 1 aromatic rings. The zero-order valence-corrected chi connectivity index (χ0v) is 10.1. The zero-order chi connectivity index (χ0) is 11.3. The number of halogens is 1. The van der Waals surface area contributed by atoms with Crippen LogP contribution < -0.4 is 11.1 Å². The molecule has 82 valence electrons. The number of rotatable bonds is 4. The maximum Gasteiger partial charge on any atom is 0.241 e. The molecule has 1 rings (SSSR count). The molecule has 0 fully saturated rings. The van der Waals surface area contributed by atoms with Crippen molar-refractivity contribution in [3.63, 3.8) is 0 Å². The number of anilines is 1. The SMILES string of the molecule is CCCC(N)C(=O)Nc1cccnc1Br. The predicted molar refractivity (Wildman–Crippen MR) is 63.5 cm³/mol. The quantitative estimate of drug-likeness (QED) is 0.823. The Kier molecular flexibility index (Phi) is 4.71. The molecular formula is C10H14BrN3O. The molecule has 0 saturated carbocycles. The van der Waals surface area contributed by atoms with Crippen LogP contribution in [0.25, 0.3) is 0 Å². The Hall–Kier alpha value is -0.940. The van der Waals surface area contributed by atoms with Gasteiger partial charge in [-0.1, -0.05) is 13.3 Å². The lowest BCUT2D eigenvalue weighted by molar-refractivity contribution is -0.117. The Morgan fingerprint density at radius 3 is 3.07 bits per heavy atom. The number of carbonyl (C=O) groups is 1. The number of nitrogens with one attached hydrogen (secondary N) is 1. The number of aromatic nitrogens is 1. The Bertz CT molecular complexity index is 343. The second kappa shape index (κ2) is 5.82. The molecule has 15 heavy (non-hydrogen) atoms. The highest BCUT2D eigenvalue weighted by Gasteiger charge is 2.13. The third-order valence-electron chi connectivity index (χ3n) is 1.95. The molecule has 4 nitrogen and oxygen atoms in total. The van der Waals surface area contributed by atoms with Gasteiger partial charge in [-0.2, -0.15) is 0 Å². The number of nitrogens with zero attached hydrogens (tertiary/aromatic N) is 1. The Balaban J connectivity index is 2.62. The highest BCUT2D eigenvalue weighted by Crippen LogP contribution is 2.18. The summed E-state index contributed by atoms with van der Waals surface area (Å²) >= 11 is 3.25. The molecule has 5 heteroatoms. The maximum absolute atomic E-state index is 11.6. The van der Waals surface area contributed by atoms with Gasteiger partial charge in [-0.25, -0.2) is 4.98 Å². The number of nitrogens with two attached hydrogens (primary N) is 1. The standard InChI is InChI=1S/C10H14BrN3O/c1-2-4-7(12)10(15)14-8-5-3-6-13-9(8)11/h3,5-7H,2,4,12H2,1H3,(H,14,15). The van der Waals surface area contributed by atoms with Crippen LogP contribution in [0.1, 0.15) is 19.8 Å². The van der Waals surface area contributed by atoms with Crippen LogP contribution in [0.15, 0.2) is 22.9 Å². The van der Waals surface area contributed by atoms with Gasteiger partial charge in [-0.15, -0.1) is 0 Å². The molecule has 1 atom stereocenters. The lowest BCUT2D eigenvalue weighted by atomic mass is 10.1. The lowest BCUT2D eigenvalue weighted by Gasteiger charge is -2.11. The van der Waals surface area contributed by atoms with Crippen molar-refractivity contribution in [2.45, 2.75) is 25.8 Å². The van der Waals surface area contributed by atoms with Crippen LogP contribution in [0.5, 0.6) is 0 Å². The summed E-state index contributed by atoms with van der Waals surface area (Å²) in [7, 11) is 0. The first-order valence-electron chi connectivity index (χ1n) is 4.82. The van der Waals surface area contributed by atoms with Crippen molar-refractivity contribution >= 4 is 27.5 Å².